The zero-order valence-corrected chi connectivity index (χ0v) is 19.1. The Kier molecular flexibility index (Phi) is 10.2. The first kappa shape index (κ1) is 24.6. The van der Waals surface area contributed by atoms with Gasteiger partial charge in [0, 0.05) is 6.61 Å². The number of hydrogen-bond acceptors (Lipinski definition) is 6. The van der Waals surface area contributed by atoms with Crippen molar-refractivity contribution in [3.05, 3.63) is 47.5 Å². The average Bonchev–Trinajstić information content (AvgIpc) is 2.80. The van der Waals surface area contributed by atoms with E-state index < -0.39 is 6.29 Å². The number of unbranched alkanes of at least 4 members (excludes halogenated alkanes) is 1. The number of hydrogen-bond donors (Lipinski definition) is 1. The minimum Gasteiger partial charge on any atom is -0.493 e. The van der Waals surface area contributed by atoms with Gasteiger partial charge in [-0.05, 0) is 55.2 Å². The molecular weight excluding hydrogens is 396 g/mol. The first-order valence-corrected chi connectivity index (χ1v) is 10.6. The lowest BCUT2D eigenvalue weighted by Gasteiger charge is -2.24. The van der Waals surface area contributed by atoms with Gasteiger partial charge in [0.05, 0.1) is 21.3 Å². The van der Waals surface area contributed by atoms with Crippen molar-refractivity contribution < 1.29 is 28.8 Å². The van der Waals surface area contributed by atoms with Gasteiger partial charge in [-0.1, -0.05) is 37.6 Å². The first-order valence-electron chi connectivity index (χ1n) is 10.6. The Morgan fingerprint density at radius 3 is 2.00 bits per heavy atom. The highest BCUT2D eigenvalue weighted by molar-refractivity contribution is 5.72. The van der Waals surface area contributed by atoms with E-state index in [9.17, 15) is 5.11 Å². The van der Waals surface area contributed by atoms with Crippen molar-refractivity contribution in [2.75, 3.05) is 27.9 Å². The van der Waals surface area contributed by atoms with Gasteiger partial charge < -0.3 is 28.8 Å². The molecule has 0 fully saturated rings. The lowest BCUT2D eigenvalue weighted by Crippen LogP contribution is -2.34. The zero-order chi connectivity index (χ0) is 22.6. The Hall–Kier alpha value is -2.70. The average molecular weight is 431 g/mol. The highest BCUT2D eigenvalue weighted by Crippen LogP contribution is 2.38. The van der Waals surface area contributed by atoms with Gasteiger partial charge in [0.15, 0.2) is 17.8 Å². The molecule has 0 heterocycles. The van der Waals surface area contributed by atoms with Gasteiger partial charge in [-0.3, -0.25) is 0 Å². The van der Waals surface area contributed by atoms with Crippen molar-refractivity contribution >= 4 is 12.2 Å². The molecule has 6 heteroatoms. The van der Waals surface area contributed by atoms with Crippen molar-refractivity contribution in [3.8, 4) is 23.0 Å². The third-order valence-corrected chi connectivity index (χ3v) is 4.82. The standard InChI is InChI=1S/C25H34O6/c1-6-8-9-21(25(26)30-7-2)31-20-14-12-18(13-15-20)10-11-19-16-22(27-3)24(29-5)23(17-19)28-4/h10-17,21,25-26H,6-9H2,1-5H3/b11-10+. The topological polar surface area (TPSA) is 66.4 Å². The Balaban J connectivity index is 2.12. The molecule has 1 N–H and O–H groups in total. The summed E-state index contributed by atoms with van der Waals surface area (Å²) in [5.74, 6) is 2.48. The van der Waals surface area contributed by atoms with E-state index >= 15 is 0 Å². The van der Waals surface area contributed by atoms with Crippen LogP contribution in [0.3, 0.4) is 0 Å². The molecule has 31 heavy (non-hydrogen) atoms. The van der Waals surface area contributed by atoms with E-state index in [1.54, 1.807) is 21.3 Å². The van der Waals surface area contributed by atoms with Crippen LogP contribution in [0.1, 0.15) is 44.2 Å². The van der Waals surface area contributed by atoms with E-state index in [1.807, 2.05) is 55.5 Å². The number of benzene rings is 2. The Labute approximate surface area is 185 Å². The zero-order valence-electron chi connectivity index (χ0n) is 19.1. The molecule has 2 unspecified atom stereocenters. The van der Waals surface area contributed by atoms with Crippen LogP contribution in [-0.2, 0) is 4.74 Å². The number of aliphatic hydroxyl groups excluding tert-OH is 1. The minimum atomic E-state index is -0.934. The maximum atomic E-state index is 10.2. The normalized spacial score (nSPS) is 13.1. The van der Waals surface area contributed by atoms with E-state index in [1.165, 1.54) is 0 Å². The van der Waals surface area contributed by atoms with Crippen LogP contribution in [0.25, 0.3) is 12.2 Å². The molecule has 0 aromatic heterocycles. The summed E-state index contributed by atoms with van der Waals surface area (Å²) in [5, 5.41) is 10.2. The molecule has 0 aliphatic carbocycles. The second-order valence-corrected chi connectivity index (χ2v) is 7.01. The van der Waals surface area contributed by atoms with Crippen LogP contribution in [-0.4, -0.2) is 45.4 Å². The molecule has 2 aromatic rings. The molecule has 0 saturated heterocycles. The summed E-state index contributed by atoms with van der Waals surface area (Å²) in [4.78, 5) is 0. The van der Waals surface area contributed by atoms with Crippen LogP contribution in [0.5, 0.6) is 23.0 Å². The fourth-order valence-electron chi connectivity index (χ4n) is 3.17. The number of rotatable bonds is 13. The fraction of sp³-hybridized carbons (Fsp3) is 0.440. The van der Waals surface area contributed by atoms with Crippen LogP contribution in [0.2, 0.25) is 0 Å². The third kappa shape index (κ3) is 7.19. The molecule has 0 saturated carbocycles. The van der Waals surface area contributed by atoms with E-state index in [0.717, 1.165) is 30.4 Å². The van der Waals surface area contributed by atoms with E-state index in [0.29, 0.717) is 29.6 Å². The predicted octanol–water partition coefficient (Wildman–Crippen LogP) is 5.18. The lowest BCUT2D eigenvalue weighted by atomic mass is 10.1. The van der Waals surface area contributed by atoms with Crippen LogP contribution in [0, 0.1) is 0 Å². The van der Waals surface area contributed by atoms with Gasteiger partial charge >= 0.3 is 0 Å². The smallest absolute Gasteiger partial charge is 0.203 e. The molecule has 6 nitrogen and oxygen atoms in total. The molecule has 2 rings (SSSR count). The van der Waals surface area contributed by atoms with Crippen LogP contribution < -0.4 is 18.9 Å². The molecule has 0 bridgehead atoms. The molecule has 0 aliphatic heterocycles. The Morgan fingerprint density at radius 2 is 1.48 bits per heavy atom. The van der Waals surface area contributed by atoms with E-state index in [4.69, 9.17) is 23.7 Å². The largest absolute Gasteiger partial charge is 0.493 e. The fourth-order valence-corrected chi connectivity index (χ4v) is 3.17. The second-order valence-electron chi connectivity index (χ2n) is 7.01. The summed E-state index contributed by atoms with van der Waals surface area (Å²) >= 11 is 0. The molecular formula is C25H34O6. The number of aliphatic hydroxyl groups is 1. The van der Waals surface area contributed by atoms with Crippen molar-refractivity contribution in [1.82, 2.24) is 0 Å². The molecule has 2 aromatic carbocycles. The summed E-state index contributed by atoms with van der Waals surface area (Å²) in [5.41, 5.74) is 1.94. The van der Waals surface area contributed by atoms with Crippen LogP contribution in [0.15, 0.2) is 36.4 Å². The van der Waals surface area contributed by atoms with Crippen LogP contribution >= 0.6 is 0 Å². The maximum absolute atomic E-state index is 10.2. The van der Waals surface area contributed by atoms with Gasteiger partial charge in [0.2, 0.25) is 5.75 Å². The molecule has 0 aliphatic rings. The summed E-state index contributed by atoms with van der Waals surface area (Å²) in [6.45, 7) is 4.41. The summed E-state index contributed by atoms with van der Waals surface area (Å²) in [6, 6.07) is 11.5. The second kappa shape index (κ2) is 12.9. The van der Waals surface area contributed by atoms with Crippen molar-refractivity contribution in [1.29, 1.82) is 0 Å². The van der Waals surface area contributed by atoms with Gasteiger partial charge in [-0.2, -0.15) is 0 Å². The predicted molar refractivity (Wildman–Crippen MR) is 123 cm³/mol. The summed E-state index contributed by atoms with van der Waals surface area (Å²) in [6.07, 6.45) is 5.38. The molecule has 0 amide bonds. The quantitative estimate of drug-likeness (QED) is 0.349. The van der Waals surface area contributed by atoms with Crippen LogP contribution in [0.4, 0.5) is 0 Å². The molecule has 170 valence electrons. The van der Waals surface area contributed by atoms with Gasteiger partial charge in [0.1, 0.15) is 11.9 Å². The van der Waals surface area contributed by atoms with E-state index in [-0.39, 0.29) is 6.10 Å². The molecule has 0 radical (unpaired) electrons. The highest BCUT2D eigenvalue weighted by Gasteiger charge is 2.21. The molecule has 2 atom stereocenters. The number of ether oxygens (including phenoxy) is 5. The summed E-state index contributed by atoms with van der Waals surface area (Å²) < 4.78 is 27.5. The SMILES string of the molecule is CCCCC(Oc1ccc(/C=C/c2cc(OC)c(OC)c(OC)c2)cc1)C(O)OCC. The number of methoxy groups -OCH3 is 3. The van der Waals surface area contributed by atoms with Crippen molar-refractivity contribution in [2.45, 2.75) is 45.5 Å². The first-order chi connectivity index (χ1) is 15.1. The third-order valence-electron chi connectivity index (χ3n) is 4.82. The Bertz CT molecular complexity index is 790. The van der Waals surface area contributed by atoms with Gasteiger partial charge in [-0.25, -0.2) is 0 Å². The van der Waals surface area contributed by atoms with Gasteiger partial charge in [-0.15, -0.1) is 0 Å². The summed E-state index contributed by atoms with van der Waals surface area (Å²) in [7, 11) is 4.78. The maximum Gasteiger partial charge on any atom is 0.203 e. The Morgan fingerprint density at radius 1 is 0.871 bits per heavy atom. The van der Waals surface area contributed by atoms with E-state index in [2.05, 4.69) is 6.92 Å². The minimum absolute atomic E-state index is 0.388. The monoisotopic (exact) mass is 430 g/mol. The molecule has 0 spiro atoms. The lowest BCUT2D eigenvalue weighted by molar-refractivity contribution is -0.152. The van der Waals surface area contributed by atoms with Crippen molar-refractivity contribution in [3.63, 3.8) is 0 Å². The highest BCUT2D eigenvalue weighted by atomic mass is 16.6. The van der Waals surface area contributed by atoms with Gasteiger partial charge in [0.25, 0.3) is 0 Å². The van der Waals surface area contributed by atoms with Crippen molar-refractivity contribution in [2.24, 2.45) is 0 Å².